The smallest absolute Gasteiger partial charge is 0.303 e. The van der Waals surface area contributed by atoms with Crippen LogP contribution in [0.1, 0.15) is 44.9 Å². The monoisotopic (exact) mass is 287 g/mol. The van der Waals surface area contributed by atoms with Crippen molar-refractivity contribution in [1.82, 2.24) is 5.32 Å². The molecule has 0 aromatic carbocycles. The number of carbonyl (C=O) groups excluding carboxylic acids is 1. The molecule has 1 rings (SSSR count). The van der Waals surface area contributed by atoms with Crippen LogP contribution in [0.4, 0.5) is 0 Å². The molecule has 0 aromatic heterocycles. The van der Waals surface area contributed by atoms with E-state index in [0.29, 0.717) is 13.0 Å². The Morgan fingerprint density at radius 3 is 2.50 bits per heavy atom. The molecule has 1 saturated carbocycles. The minimum absolute atomic E-state index is 0.0622. The topological polar surface area (TPSA) is 95.9 Å². The number of ether oxygens (including phenoxy) is 1. The molecular weight excluding hydrogens is 262 g/mol. The molecule has 116 valence electrons. The SMILES string of the molecule is COCC(O)CCNC(=O)CC1(CC(=O)O)CCCC1. The molecule has 6 heteroatoms. The summed E-state index contributed by atoms with van der Waals surface area (Å²) in [5, 5.41) is 21.2. The Hall–Kier alpha value is -1.14. The minimum atomic E-state index is -0.838. The van der Waals surface area contributed by atoms with Gasteiger partial charge in [0.25, 0.3) is 0 Å². The van der Waals surface area contributed by atoms with Gasteiger partial charge in [-0.3, -0.25) is 9.59 Å². The van der Waals surface area contributed by atoms with Crippen molar-refractivity contribution in [3.05, 3.63) is 0 Å². The van der Waals surface area contributed by atoms with Crippen LogP contribution in [0.15, 0.2) is 0 Å². The van der Waals surface area contributed by atoms with Crippen molar-refractivity contribution in [3.63, 3.8) is 0 Å². The summed E-state index contributed by atoms with van der Waals surface area (Å²) in [6.07, 6.45) is 3.77. The average molecular weight is 287 g/mol. The van der Waals surface area contributed by atoms with Gasteiger partial charge >= 0.3 is 5.97 Å². The number of nitrogens with one attached hydrogen (secondary N) is 1. The largest absolute Gasteiger partial charge is 0.481 e. The Labute approximate surface area is 119 Å². The lowest BCUT2D eigenvalue weighted by atomic mass is 9.79. The molecule has 0 aliphatic heterocycles. The van der Waals surface area contributed by atoms with Gasteiger partial charge in [-0.1, -0.05) is 12.8 Å². The van der Waals surface area contributed by atoms with Crippen LogP contribution in [-0.4, -0.2) is 48.5 Å². The molecule has 0 bridgehead atoms. The Balaban J connectivity index is 2.33. The van der Waals surface area contributed by atoms with E-state index in [1.807, 2.05) is 0 Å². The molecule has 0 spiro atoms. The van der Waals surface area contributed by atoms with E-state index in [-0.39, 0.29) is 30.8 Å². The molecule has 20 heavy (non-hydrogen) atoms. The van der Waals surface area contributed by atoms with Crippen molar-refractivity contribution < 1.29 is 24.5 Å². The van der Waals surface area contributed by atoms with E-state index in [4.69, 9.17) is 9.84 Å². The lowest BCUT2D eigenvalue weighted by Gasteiger charge is -2.26. The van der Waals surface area contributed by atoms with Crippen LogP contribution in [0.25, 0.3) is 0 Å². The minimum Gasteiger partial charge on any atom is -0.481 e. The molecule has 1 unspecified atom stereocenters. The lowest BCUT2D eigenvalue weighted by molar-refractivity contribution is -0.140. The van der Waals surface area contributed by atoms with E-state index in [2.05, 4.69) is 5.32 Å². The van der Waals surface area contributed by atoms with Crippen molar-refractivity contribution in [2.24, 2.45) is 5.41 Å². The van der Waals surface area contributed by atoms with Gasteiger partial charge in [0.2, 0.25) is 5.91 Å². The summed E-state index contributed by atoms with van der Waals surface area (Å²) in [5.74, 6) is -0.965. The van der Waals surface area contributed by atoms with Crippen LogP contribution >= 0.6 is 0 Å². The number of carboxylic acids is 1. The molecule has 1 fully saturated rings. The molecule has 1 atom stereocenters. The van der Waals surface area contributed by atoms with Gasteiger partial charge < -0.3 is 20.3 Å². The first-order valence-corrected chi connectivity index (χ1v) is 7.13. The quantitative estimate of drug-likeness (QED) is 0.586. The summed E-state index contributed by atoms with van der Waals surface area (Å²) in [6.45, 7) is 0.630. The number of aliphatic carboxylic acids is 1. The zero-order chi connectivity index (χ0) is 15.0. The van der Waals surface area contributed by atoms with E-state index >= 15 is 0 Å². The number of amides is 1. The van der Waals surface area contributed by atoms with Gasteiger partial charge in [-0.25, -0.2) is 0 Å². The standard InChI is InChI=1S/C14H25NO5/c1-20-10-11(16)4-7-15-12(17)8-14(9-13(18)19)5-2-3-6-14/h11,16H,2-10H2,1H3,(H,15,17)(H,18,19). The van der Waals surface area contributed by atoms with E-state index < -0.39 is 12.1 Å². The summed E-state index contributed by atoms with van der Waals surface area (Å²) in [6, 6.07) is 0. The fourth-order valence-corrected chi connectivity index (χ4v) is 2.92. The second kappa shape index (κ2) is 8.21. The van der Waals surface area contributed by atoms with Crippen molar-refractivity contribution in [3.8, 4) is 0 Å². The maximum absolute atomic E-state index is 11.9. The maximum atomic E-state index is 11.9. The summed E-state index contributed by atoms with van der Waals surface area (Å²) in [5.41, 5.74) is -0.374. The van der Waals surface area contributed by atoms with Gasteiger partial charge in [0, 0.05) is 20.1 Å². The first-order valence-electron chi connectivity index (χ1n) is 7.13. The van der Waals surface area contributed by atoms with Crippen LogP contribution in [-0.2, 0) is 14.3 Å². The van der Waals surface area contributed by atoms with Crippen LogP contribution in [0.5, 0.6) is 0 Å². The van der Waals surface area contributed by atoms with Crippen molar-refractivity contribution in [2.45, 2.75) is 51.0 Å². The summed E-state index contributed by atoms with van der Waals surface area (Å²) >= 11 is 0. The Morgan fingerprint density at radius 2 is 1.95 bits per heavy atom. The number of aliphatic hydroxyl groups is 1. The van der Waals surface area contributed by atoms with Crippen LogP contribution < -0.4 is 5.32 Å². The number of hydrogen-bond acceptors (Lipinski definition) is 4. The first-order chi connectivity index (χ1) is 9.47. The molecule has 1 aliphatic carbocycles. The third kappa shape index (κ3) is 5.88. The van der Waals surface area contributed by atoms with Crippen molar-refractivity contribution >= 4 is 11.9 Å². The van der Waals surface area contributed by atoms with Gasteiger partial charge in [0.15, 0.2) is 0 Å². The third-order valence-corrected chi connectivity index (χ3v) is 3.88. The molecule has 3 N–H and O–H groups in total. The van der Waals surface area contributed by atoms with E-state index in [0.717, 1.165) is 25.7 Å². The van der Waals surface area contributed by atoms with Crippen molar-refractivity contribution in [1.29, 1.82) is 0 Å². The molecular formula is C14H25NO5. The van der Waals surface area contributed by atoms with Gasteiger partial charge in [0.1, 0.15) is 0 Å². The fourth-order valence-electron chi connectivity index (χ4n) is 2.92. The molecule has 6 nitrogen and oxygen atoms in total. The number of methoxy groups -OCH3 is 1. The summed E-state index contributed by atoms with van der Waals surface area (Å²) in [4.78, 5) is 22.8. The number of aliphatic hydroxyl groups excluding tert-OH is 1. The van der Waals surface area contributed by atoms with Gasteiger partial charge in [0.05, 0.1) is 19.1 Å². The highest BCUT2D eigenvalue weighted by Gasteiger charge is 2.37. The maximum Gasteiger partial charge on any atom is 0.303 e. The molecule has 0 heterocycles. The van der Waals surface area contributed by atoms with Gasteiger partial charge in [-0.2, -0.15) is 0 Å². The Kier molecular flexibility index (Phi) is 6.95. The molecule has 1 aliphatic rings. The predicted molar refractivity (Wildman–Crippen MR) is 73.3 cm³/mol. The number of hydrogen-bond donors (Lipinski definition) is 3. The molecule has 0 radical (unpaired) electrons. The highest BCUT2D eigenvalue weighted by atomic mass is 16.5. The second-order valence-corrected chi connectivity index (χ2v) is 5.70. The van der Waals surface area contributed by atoms with E-state index in [1.165, 1.54) is 7.11 Å². The third-order valence-electron chi connectivity index (χ3n) is 3.88. The molecule has 0 aromatic rings. The van der Waals surface area contributed by atoms with Crippen molar-refractivity contribution in [2.75, 3.05) is 20.3 Å². The zero-order valence-corrected chi connectivity index (χ0v) is 12.1. The normalized spacial score (nSPS) is 18.7. The zero-order valence-electron chi connectivity index (χ0n) is 12.1. The highest BCUT2D eigenvalue weighted by Crippen LogP contribution is 2.43. The number of rotatable bonds is 9. The average Bonchev–Trinajstić information content (AvgIpc) is 2.76. The number of carboxylic acid groups (broad SMARTS) is 1. The first kappa shape index (κ1) is 16.9. The van der Waals surface area contributed by atoms with Crippen LogP contribution in [0.3, 0.4) is 0 Å². The summed E-state index contributed by atoms with van der Waals surface area (Å²) in [7, 11) is 1.51. The second-order valence-electron chi connectivity index (χ2n) is 5.70. The van der Waals surface area contributed by atoms with Gasteiger partial charge in [-0.05, 0) is 24.7 Å². The molecule has 0 saturated heterocycles. The van der Waals surface area contributed by atoms with Crippen LogP contribution in [0, 0.1) is 5.41 Å². The van der Waals surface area contributed by atoms with Gasteiger partial charge in [-0.15, -0.1) is 0 Å². The van der Waals surface area contributed by atoms with E-state index in [9.17, 15) is 14.7 Å². The Bertz CT molecular complexity index is 326. The summed E-state index contributed by atoms with van der Waals surface area (Å²) < 4.78 is 4.80. The molecule has 1 amide bonds. The lowest BCUT2D eigenvalue weighted by Crippen LogP contribution is -2.34. The van der Waals surface area contributed by atoms with E-state index in [1.54, 1.807) is 0 Å². The predicted octanol–water partition coefficient (Wildman–Crippen LogP) is 0.925. The fraction of sp³-hybridized carbons (Fsp3) is 0.857. The number of carbonyl (C=O) groups is 2. The Morgan fingerprint density at radius 1 is 1.30 bits per heavy atom. The van der Waals surface area contributed by atoms with Crippen LogP contribution in [0.2, 0.25) is 0 Å². The highest BCUT2D eigenvalue weighted by molar-refractivity contribution is 5.78.